The summed E-state index contributed by atoms with van der Waals surface area (Å²) >= 11 is 1.71. The first-order chi connectivity index (χ1) is 17.8. The molecule has 5 heterocycles. The number of carbonyl (C=O) groups excluding carboxylic acids is 1. The van der Waals surface area contributed by atoms with E-state index in [1.54, 1.807) is 17.7 Å². The topological polar surface area (TPSA) is 67.2 Å². The van der Waals surface area contributed by atoms with Gasteiger partial charge in [0.2, 0.25) is 5.91 Å². The smallest absolute Gasteiger partial charge is 0.228 e. The number of benzene rings is 1. The summed E-state index contributed by atoms with van der Waals surface area (Å²) in [6.45, 7) is 3.80. The predicted molar refractivity (Wildman–Crippen MR) is 143 cm³/mol. The number of hydrogen-bond donors (Lipinski definition) is 0. The molecule has 36 heavy (non-hydrogen) atoms. The monoisotopic (exact) mass is 500 g/mol. The first-order valence-electron chi connectivity index (χ1n) is 13.1. The van der Waals surface area contributed by atoms with Crippen molar-refractivity contribution < 1.29 is 4.79 Å². The molecule has 0 bridgehead atoms. The van der Waals surface area contributed by atoms with Gasteiger partial charge in [-0.25, -0.2) is 15.0 Å². The third-order valence-electron chi connectivity index (χ3n) is 7.40. The number of anilines is 1. The van der Waals surface area contributed by atoms with Gasteiger partial charge in [0.15, 0.2) is 17.0 Å². The van der Waals surface area contributed by atoms with Crippen LogP contribution in [-0.4, -0.2) is 43.4 Å². The van der Waals surface area contributed by atoms with E-state index in [0.717, 1.165) is 60.7 Å². The standard InChI is InChI=1S/C28H32N6OS/c35-28(33(19-23-12-8-16-36-23)17-21-9-3-1-4-10-21)22-11-7-14-32(18-22)26-25-27(30-20-29-26)34-15-6-2-5-13-24(34)31-25/h1,3-4,8-10,12,16,20,22H,2,5-7,11,13-15,17-19H2/t22-/m0/s1. The number of aromatic nitrogens is 4. The summed E-state index contributed by atoms with van der Waals surface area (Å²) in [4.78, 5) is 33.7. The van der Waals surface area contributed by atoms with Gasteiger partial charge in [-0.15, -0.1) is 11.3 Å². The lowest BCUT2D eigenvalue weighted by Gasteiger charge is -2.35. The summed E-state index contributed by atoms with van der Waals surface area (Å²) in [5.41, 5.74) is 2.99. The number of carbonyl (C=O) groups is 1. The highest BCUT2D eigenvalue weighted by Crippen LogP contribution is 2.30. The molecule has 0 saturated carbocycles. The number of rotatable bonds is 6. The summed E-state index contributed by atoms with van der Waals surface area (Å²) in [6.07, 6.45) is 8.11. The van der Waals surface area contributed by atoms with Crippen LogP contribution in [0.25, 0.3) is 11.2 Å². The van der Waals surface area contributed by atoms with Crippen molar-refractivity contribution in [1.29, 1.82) is 0 Å². The van der Waals surface area contributed by atoms with Gasteiger partial charge in [0, 0.05) is 37.5 Å². The van der Waals surface area contributed by atoms with Crippen molar-refractivity contribution in [1.82, 2.24) is 24.4 Å². The van der Waals surface area contributed by atoms with Crippen molar-refractivity contribution in [3.05, 3.63) is 70.4 Å². The second kappa shape index (κ2) is 10.4. The lowest BCUT2D eigenvalue weighted by molar-refractivity contribution is -0.137. The first kappa shape index (κ1) is 23.2. The summed E-state index contributed by atoms with van der Waals surface area (Å²) in [5.74, 6) is 2.17. The quantitative estimate of drug-likeness (QED) is 0.370. The lowest BCUT2D eigenvalue weighted by Crippen LogP contribution is -2.44. The van der Waals surface area contributed by atoms with Crippen LogP contribution in [0.3, 0.4) is 0 Å². The van der Waals surface area contributed by atoms with Gasteiger partial charge in [0.25, 0.3) is 0 Å². The molecule has 0 N–H and O–H groups in total. The molecular formula is C28H32N6OS. The number of aryl methyl sites for hydroxylation is 2. The number of amides is 1. The van der Waals surface area contributed by atoms with Gasteiger partial charge < -0.3 is 14.4 Å². The summed E-state index contributed by atoms with van der Waals surface area (Å²) in [7, 11) is 0. The number of nitrogens with zero attached hydrogens (tertiary/aromatic N) is 6. The molecule has 1 aromatic carbocycles. The molecule has 0 aliphatic carbocycles. The van der Waals surface area contributed by atoms with Crippen LogP contribution in [0.1, 0.15) is 48.4 Å². The van der Waals surface area contributed by atoms with E-state index in [-0.39, 0.29) is 11.8 Å². The zero-order valence-corrected chi connectivity index (χ0v) is 21.4. The maximum Gasteiger partial charge on any atom is 0.228 e. The Balaban J connectivity index is 1.25. The van der Waals surface area contributed by atoms with Crippen LogP contribution in [0.15, 0.2) is 54.2 Å². The molecule has 3 aromatic heterocycles. The van der Waals surface area contributed by atoms with Gasteiger partial charge in [0.1, 0.15) is 12.2 Å². The zero-order valence-electron chi connectivity index (χ0n) is 20.6. The van der Waals surface area contributed by atoms with Gasteiger partial charge >= 0.3 is 0 Å². The van der Waals surface area contributed by atoms with Crippen LogP contribution in [-0.2, 0) is 30.8 Å². The Morgan fingerprint density at radius 1 is 1.00 bits per heavy atom. The van der Waals surface area contributed by atoms with E-state index in [1.807, 2.05) is 23.1 Å². The fourth-order valence-electron chi connectivity index (χ4n) is 5.59. The van der Waals surface area contributed by atoms with Crippen LogP contribution >= 0.6 is 11.3 Å². The SMILES string of the molecule is O=C([C@H]1CCCN(c2ncnc3c2nc2n3CCCCC2)C1)N(Cc1ccccc1)Cc1cccs1. The maximum atomic E-state index is 13.9. The Morgan fingerprint density at radius 3 is 2.78 bits per heavy atom. The van der Waals surface area contributed by atoms with E-state index in [2.05, 4.69) is 49.1 Å². The number of imidazole rings is 1. The fourth-order valence-corrected chi connectivity index (χ4v) is 6.31. The van der Waals surface area contributed by atoms with Crippen molar-refractivity contribution in [3.8, 4) is 0 Å². The third-order valence-corrected chi connectivity index (χ3v) is 8.26. The molecule has 1 amide bonds. The molecule has 0 radical (unpaired) electrons. The fraction of sp³-hybridized carbons (Fsp3) is 0.429. The molecule has 7 nitrogen and oxygen atoms in total. The largest absolute Gasteiger partial charge is 0.354 e. The Hall–Kier alpha value is -3.26. The van der Waals surface area contributed by atoms with Crippen LogP contribution < -0.4 is 4.90 Å². The van der Waals surface area contributed by atoms with Crippen molar-refractivity contribution in [2.45, 2.75) is 58.2 Å². The van der Waals surface area contributed by atoms with Gasteiger partial charge in [-0.1, -0.05) is 42.8 Å². The Morgan fingerprint density at radius 2 is 1.92 bits per heavy atom. The van der Waals surface area contributed by atoms with Crippen LogP contribution in [0.4, 0.5) is 5.82 Å². The van der Waals surface area contributed by atoms with E-state index in [0.29, 0.717) is 19.6 Å². The van der Waals surface area contributed by atoms with Crippen LogP contribution in [0.5, 0.6) is 0 Å². The van der Waals surface area contributed by atoms with E-state index in [4.69, 9.17) is 4.98 Å². The highest BCUT2D eigenvalue weighted by molar-refractivity contribution is 7.09. The minimum atomic E-state index is -0.0621. The van der Waals surface area contributed by atoms with E-state index in [9.17, 15) is 4.79 Å². The number of hydrogen-bond acceptors (Lipinski definition) is 6. The average molecular weight is 501 g/mol. The van der Waals surface area contributed by atoms with Crippen LogP contribution in [0, 0.1) is 5.92 Å². The minimum absolute atomic E-state index is 0.0621. The first-order valence-corrected chi connectivity index (χ1v) is 13.9. The second-order valence-electron chi connectivity index (χ2n) is 9.90. The molecule has 1 fully saturated rings. The molecule has 1 atom stereocenters. The zero-order chi connectivity index (χ0) is 24.3. The number of fused-ring (bicyclic) bond motifs is 3. The van der Waals surface area contributed by atoms with E-state index < -0.39 is 0 Å². The molecule has 4 aromatic rings. The van der Waals surface area contributed by atoms with E-state index >= 15 is 0 Å². The summed E-state index contributed by atoms with van der Waals surface area (Å²) < 4.78 is 2.28. The normalized spacial score (nSPS) is 18.1. The number of thiophene rings is 1. The number of piperidine rings is 1. The Labute approximate surface area is 215 Å². The van der Waals surface area contributed by atoms with Crippen LogP contribution in [0.2, 0.25) is 0 Å². The van der Waals surface area contributed by atoms with Gasteiger partial charge in [-0.2, -0.15) is 0 Å². The van der Waals surface area contributed by atoms with Gasteiger partial charge in [-0.3, -0.25) is 4.79 Å². The molecule has 186 valence electrons. The molecule has 6 rings (SSSR count). The molecular weight excluding hydrogens is 468 g/mol. The Kier molecular flexibility index (Phi) is 6.68. The van der Waals surface area contributed by atoms with Crippen molar-refractivity contribution >= 4 is 34.2 Å². The lowest BCUT2D eigenvalue weighted by atomic mass is 9.96. The van der Waals surface area contributed by atoms with Crippen molar-refractivity contribution in [3.63, 3.8) is 0 Å². The summed E-state index contributed by atoms with van der Waals surface area (Å²) in [5, 5.41) is 2.08. The molecule has 2 aliphatic rings. The highest BCUT2D eigenvalue weighted by Gasteiger charge is 2.32. The maximum absolute atomic E-state index is 13.9. The third kappa shape index (κ3) is 4.74. The molecule has 1 saturated heterocycles. The molecule has 8 heteroatoms. The molecule has 2 aliphatic heterocycles. The summed E-state index contributed by atoms with van der Waals surface area (Å²) in [6, 6.07) is 14.5. The molecule has 0 spiro atoms. The van der Waals surface area contributed by atoms with Crippen molar-refractivity contribution in [2.24, 2.45) is 5.92 Å². The minimum Gasteiger partial charge on any atom is -0.354 e. The van der Waals surface area contributed by atoms with Gasteiger partial charge in [0.05, 0.1) is 12.5 Å². The van der Waals surface area contributed by atoms with Crippen molar-refractivity contribution in [2.75, 3.05) is 18.0 Å². The predicted octanol–water partition coefficient (Wildman–Crippen LogP) is 5.06. The molecule has 0 unspecified atom stereocenters. The van der Waals surface area contributed by atoms with Gasteiger partial charge in [-0.05, 0) is 42.7 Å². The average Bonchev–Trinajstić information content (AvgIpc) is 3.49. The second-order valence-corrected chi connectivity index (χ2v) is 10.9. The van der Waals surface area contributed by atoms with E-state index in [1.165, 1.54) is 24.1 Å². The Bertz CT molecular complexity index is 1320. The highest BCUT2D eigenvalue weighted by atomic mass is 32.1.